The van der Waals surface area contributed by atoms with Crippen molar-refractivity contribution in [3.8, 4) is 11.4 Å². The molecule has 4 aromatic rings. The third kappa shape index (κ3) is 3.84. The molecule has 0 aliphatic rings. The van der Waals surface area contributed by atoms with Crippen LogP contribution in [0.5, 0.6) is 0 Å². The molecule has 0 bridgehead atoms. The van der Waals surface area contributed by atoms with Gasteiger partial charge in [-0.05, 0) is 25.0 Å². The Balaban J connectivity index is 1.73. The predicted octanol–water partition coefficient (Wildman–Crippen LogP) is 1.71. The molecule has 0 radical (unpaired) electrons. The van der Waals surface area contributed by atoms with Gasteiger partial charge in [0, 0.05) is 19.3 Å². The maximum Gasteiger partial charge on any atom is 0.354 e. The summed E-state index contributed by atoms with van der Waals surface area (Å²) in [5.41, 5.74) is 1.00. The highest BCUT2D eigenvalue weighted by Crippen LogP contribution is 2.18. The van der Waals surface area contributed by atoms with Gasteiger partial charge in [-0.1, -0.05) is 19.9 Å². The first-order chi connectivity index (χ1) is 15.4. The molecule has 4 rings (SSSR count). The summed E-state index contributed by atoms with van der Waals surface area (Å²) in [5, 5.41) is 13.4. The molecule has 4 aromatic heterocycles. The van der Waals surface area contributed by atoms with E-state index in [1.165, 1.54) is 15.2 Å². The van der Waals surface area contributed by atoms with E-state index in [9.17, 15) is 14.4 Å². The van der Waals surface area contributed by atoms with Gasteiger partial charge in [-0.15, -0.1) is 0 Å². The number of aromatic nitrogens is 7. The molecule has 32 heavy (non-hydrogen) atoms. The molecule has 11 nitrogen and oxygen atoms in total. The number of H-pyrrole nitrogens is 1. The lowest BCUT2D eigenvalue weighted by Gasteiger charge is -2.09. The summed E-state index contributed by atoms with van der Waals surface area (Å²) in [6.07, 6.45) is 4.70. The molecule has 0 spiro atoms. The van der Waals surface area contributed by atoms with Crippen LogP contribution in [0.1, 0.15) is 42.9 Å². The number of aryl methyl sites for hydroxylation is 1. The Kier molecular flexibility index (Phi) is 5.71. The van der Waals surface area contributed by atoms with Gasteiger partial charge < -0.3 is 10.1 Å². The van der Waals surface area contributed by atoms with E-state index in [1.54, 1.807) is 29.2 Å². The molecule has 0 aliphatic heterocycles. The van der Waals surface area contributed by atoms with Crippen LogP contribution >= 0.6 is 0 Å². The van der Waals surface area contributed by atoms with Crippen LogP contribution in [0, 0.1) is 0 Å². The van der Waals surface area contributed by atoms with Gasteiger partial charge in [0.25, 0.3) is 5.56 Å². The first kappa shape index (κ1) is 21.2. The van der Waals surface area contributed by atoms with Crippen LogP contribution in [0.2, 0.25) is 0 Å². The molecule has 0 amide bonds. The van der Waals surface area contributed by atoms with E-state index in [0.29, 0.717) is 42.2 Å². The SMILES string of the molecule is CCCn1c(=O)c2[nH]c(-c3cnn(Cc4cccc(C(=O)O)n4)c3)nc2n(CCC)c1=O. The maximum absolute atomic E-state index is 12.9. The van der Waals surface area contributed by atoms with Gasteiger partial charge in [0.05, 0.1) is 24.0 Å². The lowest BCUT2D eigenvalue weighted by atomic mass is 10.3. The summed E-state index contributed by atoms with van der Waals surface area (Å²) < 4.78 is 4.37. The topological polar surface area (TPSA) is 141 Å². The van der Waals surface area contributed by atoms with Crippen LogP contribution in [0.15, 0.2) is 40.2 Å². The highest BCUT2D eigenvalue weighted by Gasteiger charge is 2.18. The number of pyridine rings is 1. The van der Waals surface area contributed by atoms with Gasteiger partial charge in [0.1, 0.15) is 17.0 Å². The molecule has 0 aliphatic carbocycles. The van der Waals surface area contributed by atoms with Gasteiger partial charge in [-0.2, -0.15) is 5.10 Å². The summed E-state index contributed by atoms with van der Waals surface area (Å²) in [7, 11) is 0. The van der Waals surface area contributed by atoms with E-state index in [1.807, 2.05) is 13.8 Å². The molecule has 4 heterocycles. The van der Waals surface area contributed by atoms with Gasteiger partial charge in [-0.3, -0.25) is 18.6 Å². The van der Waals surface area contributed by atoms with Gasteiger partial charge in [0.15, 0.2) is 5.65 Å². The number of carbonyl (C=O) groups is 1. The van der Waals surface area contributed by atoms with Crippen LogP contribution in [-0.2, 0) is 19.6 Å². The predicted molar refractivity (Wildman–Crippen MR) is 117 cm³/mol. The minimum absolute atomic E-state index is 0.0376. The minimum Gasteiger partial charge on any atom is -0.477 e. The lowest BCUT2D eigenvalue weighted by Crippen LogP contribution is -2.40. The van der Waals surface area contributed by atoms with E-state index in [2.05, 4.69) is 20.1 Å². The third-order valence-corrected chi connectivity index (χ3v) is 5.01. The fraction of sp³-hybridized carbons (Fsp3) is 0.333. The monoisotopic (exact) mass is 437 g/mol. The van der Waals surface area contributed by atoms with Crippen LogP contribution in [0.4, 0.5) is 0 Å². The third-order valence-electron chi connectivity index (χ3n) is 5.01. The number of rotatable bonds is 8. The zero-order valence-electron chi connectivity index (χ0n) is 17.8. The van der Waals surface area contributed by atoms with Crippen LogP contribution < -0.4 is 11.2 Å². The van der Waals surface area contributed by atoms with Crippen molar-refractivity contribution in [3.63, 3.8) is 0 Å². The molecule has 0 atom stereocenters. The average Bonchev–Trinajstić information content (AvgIpc) is 3.42. The van der Waals surface area contributed by atoms with Crippen molar-refractivity contribution in [1.82, 2.24) is 33.9 Å². The second kappa shape index (κ2) is 8.61. The van der Waals surface area contributed by atoms with Gasteiger partial charge in [-0.25, -0.2) is 19.6 Å². The Morgan fingerprint density at radius 1 is 1.09 bits per heavy atom. The summed E-state index contributed by atoms with van der Waals surface area (Å²) in [5.74, 6) is -0.670. The van der Waals surface area contributed by atoms with Gasteiger partial charge in [0.2, 0.25) is 0 Å². The van der Waals surface area contributed by atoms with E-state index >= 15 is 0 Å². The Bertz CT molecular complexity index is 1410. The number of nitrogens with zero attached hydrogens (tertiary/aromatic N) is 6. The van der Waals surface area contributed by atoms with Crippen molar-refractivity contribution >= 4 is 17.1 Å². The number of imidazole rings is 1. The molecular formula is C21H23N7O4. The standard InChI is InChI=1S/C21H23N7O4/c1-3-8-27-18-16(19(29)28(9-4-2)21(27)32)24-17(25-18)13-10-22-26(11-13)12-14-6-5-7-15(23-14)20(30)31/h5-7,10-11H,3-4,8-9,12H2,1-2H3,(H,24,25)(H,30,31). The van der Waals surface area contributed by atoms with Crippen LogP contribution in [-0.4, -0.2) is 44.9 Å². The Morgan fingerprint density at radius 2 is 1.84 bits per heavy atom. The molecule has 0 saturated carbocycles. The van der Waals surface area contributed by atoms with Crippen molar-refractivity contribution in [3.05, 3.63) is 62.8 Å². The summed E-state index contributed by atoms with van der Waals surface area (Å²) >= 11 is 0. The molecule has 0 aromatic carbocycles. The molecule has 166 valence electrons. The van der Waals surface area contributed by atoms with E-state index in [4.69, 9.17) is 5.11 Å². The van der Waals surface area contributed by atoms with Crippen LogP contribution in [0.3, 0.4) is 0 Å². The molecule has 11 heteroatoms. The van der Waals surface area contributed by atoms with E-state index in [-0.39, 0.29) is 29.0 Å². The van der Waals surface area contributed by atoms with Crippen molar-refractivity contribution < 1.29 is 9.90 Å². The summed E-state index contributed by atoms with van der Waals surface area (Å²) in [4.78, 5) is 48.5. The van der Waals surface area contributed by atoms with Crippen molar-refractivity contribution in [1.29, 1.82) is 0 Å². The van der Waals surface area contributed by atoms with Crippen molar-refractivity contribution in [2.75, 3.05) is 0 Å². The number of carboxylic acid groups (broad SMARTS) is 1. The largest absolute Gasteiger partial charge is 0.477 e. The van der Waals surface area contributed by atoms with Crippen molar-refractivity contribution in [2.45, 2.75) is 46.3 Å². The highest BCUT2D eigenvalue weighted by atomic mass is 16.4. The summed E-state index contributed by atoms with van der Waals surface area (Å²) in [6, 6.07) is 4.77. The maximum atomic E-state index is 12.9. The second-order valence-electron chi connectivity index (χ2n) is 7.42. The van der Waals surface area contributed by atoms with Crippen molar-refractivity contribution in [2.24, 2.45) is 0 Å². The molecular weight excluding hydrogens is 414 g/mol. The minimum atomic E-state index is -1.10. The Labute approximate surface area is 182 Å². The smallest absolute Gasteiger partial charge is 0.354 e. The Morgan fingerprint density at radius 3 is 2.56 bits per heavy atom. The molecule has 2 N–H and O–H groups in total. The fourth-order valence-electron chi connectivity index (χ4n) is 3.57. The van der Waals surface area contributed by atoms with Crippen LogP contribution in [0.25, 0.3) is 22.6 Å². The summed E-state index contributed by atoms with van der Waals surface area (Å²) in [6.45, 7) is 4.93. The number of hydrogen-bond acceptors (Lipinski definition) is 6. The number of carboxylic acids is 1. The number of aromatic carboxylic acids is 1. The van der Waals surface area contributed by atoms with E-state index in [0.717, 1.165) is 6.42 Å². The fourth-order valence-corrected chi connectivity index (χ4v) is 3.57. The Hall–Kier alpha value is -4.02. The first-order valence-corrected chi connectivity index (χ1v) is 10.4. The number of nitrogens with one attached hydrogen (secondary N) is 1. The normalized spacial score (nSPS) is 11.3. The zero-order chi connectivity index (χ0) is 22.8. The van der Waals surface area contributed by atoms with E-state index < -0.39 is 5.97 Å². The molecule has 0 fully saturated rings. The average molecular weight is 437 g/mol. The zero-order valence-corrected chi connectivity index (χ0v) is 17.8. The quantitative estimate of drug-likeness (QED) is 0.427. The number of hydrogen-bond donors (Lipinski definition) is 2. The number of aromatic amines is 1. The second-order valence-corrected chi connectivity index (χ2v) is 7.42. The lowest BCUT2D eigenvalue weighted by molar-refractivity contribution is 0.0690. The molecule has 0 saturated heterocycles. The molecule has 0 unspecified atom stereocenters. The number of fused-ring (bicyclic) bond motifs is 1. The highest BCUT2D eigenvalue weighted by molar-refractivity contribution is 5.85. The van der Waals surface area contributed by atoms with Gasteiger partial charge >= 0.3 is 11.7 Å². The first-order valence-electron chi connectivity index (χ1n) is 10.4.